The highest BCUT2D eigenvalue weighted by atomic mass is 79.9. The summed E-state index contributed by atoms with van der Waals surface area (Å²) in [5.41, 5.74) is 2.76. The summed E-state index contributed by atoms with van der Waals surface area (Å²) in [5, 5.41) is 0. The number of halogens is 1. The van der Waals surface area contributed by atoms with Gasteiger partial charge in [0.25, 0.3) is 0 Å². The third kappa shape index (κ3) is 3.39. The largest absolute Gasteiger partial charge is 0.0901 e. The van der Waals surface area contributed by atoms with Gasteiger partial charge in [-0.15, -0.1) is 0 Å². The minimum atomic E-state index is 1.06. The van der Waals surface area contributed by atoms with Crippen LogP contribution in [0.4, 0.5) is 0 Å². The average molecular weight is 321 g/mol. The Balaban J connectivity index is 2.17. The van der Waals surface area contributed by atoms with E-state index in [1.807, 2.05) is 11.8 Å². The molecule has 0 aliphatic heterocycles. The van der Waals surface area contributed by atoms with Gasteiger partial charge in [-0.05, 0) is 54.3 Å². The molecule has 2 rings (SSSR count). The number of rotatable bonds is 4. The lowest BCUT2D eigenvalue weighted by Crippen LogP contribution is -1.84. The van der Waals surface area contributed by atoms with E-state index < -0.39 is 0 Å². The minimum absolute atomic E-state index is 1.06. The zero-order chi connectivity index (χ0) is 13.0. The molecule has 0 unspecified atom stereocenters. The second-order valence-corrected chi connectivity index (χ2v) is 6.21. The highest BCUT2D eigenvalue weighted by Gasteiger charge is 2.02. The topological polar surface area (TPSA) is 0 Å². The maximum Gasteiger partial charge on any atom is 0.0207 e. The molecule has 0 fully saturated rings. The Morgan fingerprint density at radius 3 is 2.17 bits per heavy atom. The summed E-state index contributed by atoms with van der Waals surface area (Å²) in [5.74, 6) is 0. The van der Waals surface area contributed by atoms with Gasteiger partial charge in [0.05, 0.1) is 0 Å². The number of hydrogen-bond acceptors (Lipinski definition) is 1. The first-order valence-corrected chi connectivity index (χ1v) is 7.89. The van der Waals surface area contributed by atoms with Crippen molar-refractivity contribution in [1.82, 2.24) is 0 Å². The van der Waals surface area contributed by atoms with Gasteiger partial charge in [0.1, 0.15) is 0 Å². The van der Waals surface area contributed by atoms with Gasteiger partial charge in [-0.1, -0.05) is 53.7 Å². The SMILES string of the molecule is CCc1ccc(Sc2ccc(Br)c(CC)c2)cc1. The quantitative estimate of drug-likeness (QED) is 0.693. The Kier molecular flexibility index (Phi) is 4.90. The fourth-order valence-corrected chi connectivity index (χ4v) is 3.22. The second kappa shape index (κ2) is 6.44. The monoisotopic (exact) mass is 320 g/mol. The average Bonchev–Trinajstić information content (AvgIpc) is 2.42. The van der Waals surface area contributed by atoms with Crippen LogP contribution in [-0.4, -0.2) is 0 Å². The van der Waals surface area contributed by atoms with Crippen molar-refractivity contribution in [3.8, 4) is 0 Å². The summed E-state index contributed by atoms with van der Waals surface area (Å²) in [7, 11) is 0. The van der Waals surface area contributed by atoms with Gasteiger partial charge >= 0.3 is 0 Å². The smallest absolute Gasteiger partial charge is 0.0207 e. The first kappa shape index (κ1) is 13.7. The van der Waals surface area contributed by atoms with Gasteiger partial charge in [-0.25, -0.2) is 0 Å². The molecule has 2 aromatic carbocycles. The van der Waals surface area contributed by atoms with Crippen LogP contribution in [0, 0.1) is 0 Å². The molecule has 18 heavy (non-hydrogen) atoms. The van der Waals surface area contributed by atoms with Crippen molar-refractivity contribution in [1.29, 1.82) is 0 Å². The number of hydrogen-bond donors (Lipinski definition) is 0. The van der Waals surface area contributed by atoms with E-state index in [0.29, 0.717) is 0 Å². The van der Waals surface area contributed by atoms with E-state index >= 15 is 0 Å². The molecule has 0 bridgehead atoms. The highest BCUT2D eigenvalue weighted by Crippen LogP contribution is 2.31. The summed E-state index contributed by atoms with van der Waals surface area (Å²) in [6.07, 6.45) is 2.16. The Hall–Kier alpha value is -0.730. The van der Waals surface area contributed by atoms with Gasteiger partial charge in [-0.2, -0.15) is 0 Å². The fraction of sp³-hybridized carbons (Fsp3) is 0.250. The first-order valence-electron chi connectivity index (χ1n) is 6.28. The molecule has 0 aliphatic rings. The third-order valence-corrected chi connectivity index (χ3v) is 4.74. The standard InChI is InChI=1S/C16H17BrS/c1-3-12-5-7-14(8-6-12)18-15-9-10-16(17)13(4-2)11-15/h5-11H,3-4H2,1-2H3. The van der Waals surface area contributed by atoms with E-state index in [9.17, 15) is 0 Å². The summed E-state index contributed by atoms with van der Waals surface area (Å²) < 4.78 is 1.20. The van der Waals surface area contributed by atoms with Crippen LogP contribution >= 0.6 is 27.7 Å². The van der Waals surface area contributed by atoms with Crippen LogP contribution in [0.2, 0.25) is 0 Å². The Bertz CT molecular complexity index is 517. The van der Waals surface area contributed by atoms with Crippen molar-refractivity contribution < 1.29 is 0 Å². The molecule has 0 saturated carbocycles. The molecule has 0 aliphatic carbocycles. The normalized spacial score (nSPS) is 10.6. The highest BCUT2D eigenvalue weighted by molar-refractivity contribution is 9.10. The number of aryl methyl sites for hydroxylation is 2. The fourth-order valence-electron chi connectivity index (χ4n) is 1.81. The van der Waals surface area contributed by atoms with Crippen molar-refractivity contribution >= 4 is 27.7 Å². The van der Waals surface area contributed by atoms with Crippen LogP contribution in [-0.2, 0) is 12.8 Å². The van der Waals surface area contributed by atoms with E-state index in [1.54, 1.807) is 0 Å². The molecule has 2 aromatic rings. The van der Waals surface area contributed by atoms with Gasteiger partial charge in [0, 0.05) is 14.3 Å². The molecule has 0 aromatic heterocycles. The summed E-state index contributed by atoms with van der Waals surface area (Å²) in [6, 6.07) is 15.4. The van der Waals surface area contributed by atoms with Gasteiger partial charge in [0.2, 0.25) is 0 Å². The number of benzene rings is 2. The molecule has 0 atom stereocenters. The van der Waals surface area contributed by atoms with E-state index in [0.717, 1.165) is 12.8 Å². The van der Waals surface area contributed by atoms with Crippen LogP contribution in [0.15, 0.2) is 56.7 Å². The maximum absolute atomic E-state index is 3.59. The molecule has 0 radical (unpaired) electrons. The van der Waals surface area contributed by atoms with Crippen LogP contribution in [0.25, 0.3) is 0 Å². The molecular formula is C16H17BrS. The van der Waals surface area contributed by atoms with Gasteiger partial charge in [0.15, 0.2) is 0 Å². The Morgan fingerprint density at radius 2 is 1.56 bits per heavy atom. The third-order valence-electron chi connectivity index (χ3n) is 2.97. The van der Waals surface area contributed by atoms with Crippen molar-refractivity contribution in [2.24, 2.45) is 0 Å². The van der Waals surface area contributed by atoms with Gasteiger partial charge in [-0.3, -0.25) is 0 Å². The lowest BCUT2D eigenvalue weighted by Gasteiger charge is -2.06. The van der Waals surface area contributed by atoms with E-state index in [2.05, 4.69) is 72.2 Å². The van der Waals surface area contributed by atoms with Gasteiger partial charge < -0.3 is 0 Å². The molecule has 94 valence electrons. The molecule has 2 heteroatoms. The van der Waals surface area contributed by atoms with Crippen molar-refractivity contribution in [3.63, 3.8) is 0 Å². The summed E-state index contributed by atoms with van der Waals surface area (Å²) in [4.78, 5) is 2.61. The van der Waals surface area contributed by atoms with Crippen molar-refractivity contribution in [2.45, 2.75) is 36.5 Å². The van der Waals surface area contributed by atoms with Crippen LogP contribution in [0.5, 0.6) is 0 Å². The van der Waals surface area contributed by atoms with E-state index in [1.165, 1.54) is 25.4 Å². The minimum Gasteiger partial charge on any atom is -0.0901 e. The van der Waals surface area contributed by atoms with Crippen LogP contribution in [0.1, 0.15) is 25.0 Å². The summed E-state index contributed by atoms with van der Waals surface area (Å²) in [6.45, 7) is 4.37. The van der Waals surface area contributed by atoms with E-state index in [4.69, 9.17) is 0 Å². The van der Waals surface area contributed by atoms with Crippen molar-refractivity contribution in [2.75, 3.05) is 0 Å². The molecule has 0 saturated heterocycles. The Labute approximate surface area is 122 Å². The van der Waals surface area contributed by atoms with E-state index in [-0.39, 0.29) is 0 Å². The lowest BCUT2D eigenvalue weighted by atomic mass is 10.2. The molecular weight excluding hydrogens is 304 g/mol. The predicted molar refractivity (Wildman–Crippen MR) is 83.5 cm³/mol. The Morgan fingerprint density at radius 1 is 0.889 bits per heavy atom. The molecule has 0 amide bonds. The molecule has 0 N–H and O–H groups in total. The zero-order valence-electron chi connectivity index (χ0n) is 10.7. The second-order valence-electron chi connectivity index (χ2n) is 4.21. The zero-order valence-corrected chi connectivity index (χ0v) is 13.1. The first-order chi connectivity index (χ1) is 8.72. The summed E-state index contributed by atoms with van der Waals surface area (Å²) >= 11 is 5.41. The molecule has 0 spiro atoms. The van der Waals surface area contributed by atoms with Crippen molar-refractivity contribution in [3.05, 3.63) is 58.1 Å². The maximum atomic E-state index is 3.59. The van der Waals surface area contributed by atoms with Crippen LogP contribution < -0.4 is 0 Å². The predicted octanol–water partition coefficient (Wildman–Crippen LogP) is 5.73. The molecule has 0 nitrogen and oxygen atoms in total. The molecule has 0 heterocycles. The lowest BCUT2D eigenvalue weighted by molar-refractivity contribution is 1.11. The van der Waals surface area contributed by atoms with Crippen LogP contribution in [0.3, 0.4) is 0 Å².